The Bertz CT molecular complexity index is 1180. The molecule has 1 saturated heterocycles. The number of methoxy groups -OCH3 is 1. The third-order valence-electron chi connectivity index (χ3n) is 6.07. The van der Waals surface area contributed by atoms with E-state index < -0.39 is 48.7 Å². The van der Waals surface area contributed by atoms with E-state index in [1.54, 1.807) is 0 Å². The molecule has 0 aliphatic carbocycles. The van der Waals surface area contributed by atoms with Crippen LogP contribution in [0.1, 0.15) is 38.3 Å². The van der Waals surface area contributed by atoms with Gasteiger partial charge in [-0.05, 0) is 12.1 Å². The lowest BCUT2D eigenvalue weighted by Crippen LogP contribution is -2.57. The Kier molecular flexibility index (Phi) is 7.26. The van der Waals surface area contributed by atoms with Gasteiger partial charge in [0.05, 0.1) is 29.6 Å². The van der Waals surface area contributed by atoms with Gasteiger partial charge in [0.15, 0.2) is 11.6 Å². The average Bonchev–Trinajstić information content (AvgIpc) is 3.48. The predicted octanol–water partition coefficient (Wildman–Crippen LogP) is 3.08. The molecule has 0 radical (unpaired) electrons. The van der Waals surface area contributed by atoms with Crippen molar-refractivity contribution < 1.29 is 33.0 Å². The molecule has 1 aliphatic heterocycles. The number of benzene rings is 1. The summed E-state index contributed by atoms with van der Waals surface area (Å²) in [5, 5.41) is 32.6. The van der Waals surface area contributed by atoms with Gasteiger partial charge in [0.25, 0.3) is 0 Å². The molecule has 0 amide bonds. The van der Waals surface area contributed by atoms with Crippen LogP contribution < -0.4 is 0 Å². The Balaban J connectivity index is 1.66. The summed E-state index contributed by atoms with van der Waals surface area (Å²) in [4.78, 5) is 0. The van der Waals surface area contributed by atoms with E-state index in [1.165, 1.54) is 30.1 Å². The minimum atomic E-state index is -1.23. The first kappa shape index (κ1) is 25.6. The molecule has 1 aromatic carbocycles. The highest BCUT2D eigenvalue weighted by atomic mass is 35.5. The predicted molar refractivity (Wildman–Crippen MR) is 121 cm³/mol. The second-order valence-corrected chi connectivity index (χ2v) is 9.93. The first-order valence-corrected chi connectivity index (χ1v) is 11.4. The zero-order valence-corrected chi connectivity index (χ0v) is 20.4. The normalized spacial score (nSPS) is 25.2. The number of nitrogens with zero attached hydrogens (tertiary/aromatic N) is 4. The van der Waals surface area contributed by atoms with Crippen LogP contribution in [0, 0.1) is 11.6 Å². The van der Waals surface area contributed by atoms with Crippen molar-refractivity contribution in [3.05, 3.63) is 52.5 Å². The number of ether oxygens (including phenoxy) is 2. The average molecular weight is 513 g/mol. The van der Waals surface area contributed by atoms with Gasteiger partial charge in [-0.2, -0.15) is 0 Å². The van der Waals surface area contributed by atoms with Crippen molar-refractivity contribution in [3.63, 3.8) is 0 Å². The molecule has 3 heterocycles. The molecule has 4 rings (SSSR count). The number of aliphatic hydroxyl groups is 2. The summed E-state index contributed by atoms with van der Waals surface area (Å²) in [6.45, 7) is 5.53. The molecule has 5 atom stereocenters. The molecular weight excluding hydrogens is 486 g/mol. The molecule has 2 N–H and O–H groups in total. The van der Waals surface area contributed by atoms with E-state index in [-0.39, 0.29) is 28.1 Å². The van der Waals surface area contributed by atoms with E-state index in [4.69, 9.17) is 25.6 Å². The summed E-state index contributed by atoms with van der Waals surface area (Å²) in [5.74, 6) is -1.65. The Morgan fingerprint density at radius 2 is 1.94 bits per heavy atom. The topological polar surface area (TPSA) is 116 Å². The Morgan fingerprint density at radius 1 is 1.20 bits per heavy atom. The third kappa shape index (κ3) is 4.96. The maximum atomic E-state index is 14.4. The van der Waals surface area contributed by atoms with Gasteiger partial charge in [-0.15, -0.1) is 5.10 Å². The highest BCUT2D eigenvalue weighted by Crippen LogP contribution is 2.35. The van der Waals surface area contributed by atoms with Crippen molar-refractivity contribution >= 4 is 11.6 Å². The van der Waals surface area contributed by atoms with Crippen molar-refractivity contribution in [3.8, 4) is 11.3 Å². The molecular formula is C23H27ClF2N4O5. The SMILES string of the molecule is CO[C@@H]1[C@@H](n2cc(-c3ccc(Cl)c(F)c3F)nn2)[C@@H](O)[C@@H](CO)O[C@@H]1Cc1cc(C(C)(C)C)on1. The number of rotatable bonds is 6. The van der Waals surface area contributed by atoms with E-state index >= 15 is 0 Å². The largest absolute Gasteiger partial charge is 0.394 e. The molecule has 2 aromatic heterocycles. The van der Waals surface area contributed by atoms with Crippen molar-refractivity contribution in [2.75, 3.05) is 13.7 Å². The van der Waals surface area contributed by atoms with Crippen LogP contribution in [0.3, 0.4) is 0 Å². The van der Waals surface area contributed by atoms with Crippen molar-refractivity contribution in [1.29, 1.82) is 0 Å². The molecule has 1 aliphatic rings. The zero-order chi connectivity index (χ0) is 25.5. The first-order chi connectivity index (χ1) is 16.5. The summed E-state index contributed by atoms with van der Waals surface area (Å²) in [5.41, 5.74) is 0.280. The fraction of sp³-hybridized carbons (Fsp3) is 0.522. The van der Waals surface area contributed by atoms with E-state index in [9.17, 15) is 19.0 Å². The Hall–Kier alpha value is -2.44. The van der Waals surface area contributed by atoms with Gasteiger partial charge in [-0.25, -0.2) is 13.5 Å². The van der Waals surface area contributed by atoms with Gasteiger partial charge in [0, 0.05) is 30.6 Å². The van der Waals surface area contributed by atoms with Gasteiger partial charge in [-0.3, -0.25) is 0 Å². The molecule has 190 valence electrons. The second kappa shape index (κ2) is 9.90. The Labute approximate surface area is 205 Å². The quantitative estimate of drug-likeness (QED) is 0.484. The van der Waals surface area contributed by atoms with Crippen LogP contribution in [0.15, 0.2) is 28.9 Å². The third-order valence-corrected chi connectivity index (χ3v) is 6.36. The summed E-state index contributed by atoms with van der Waals surface area (Å²) < 4.78 is 46.8. The zero-order valence-electron chi connectivity index (χ0n) is 19.7. The van der Waals surface area contributed by atoms with E-state index in [2.05, 4.69) is 15.5 Å². The molecule has 0 unspecified atom stereocenters. The maximum absolute atomic E-state index is 14.4. The molecule has 0 bridgehead atoms. The van der Waals surface area contributed by atoms with E-state index in [0.29, 0.717) is 11.5 Å². The van der Waals surface area contributed by atoms with Crippen LogP contribution in [0.4, 0.5) is 8.78 Å². The summed E-state index contributed by atoms with van der Waals surface area (Å²) in [6.07, 6.45) is -1.93. The summed E-state index contributed by atoms with van der Waals surface area (Å²) in [6, 6.07) is 3.48. The highest BCUT2D eigenvalue weighted by Gasteiger charge is 2.47. The Morgan fingerprint density at radius 3 is 2.57 bits per heavy atom. The smallest absolute Gasteiger partial charge is 0.178 e. The minimum absolute atomic E-state index is 0.0371. The monoisotopic (exact) mass is 512 g/mol. The molecule has 0 spiro atoms. The summed E-state index contributed by atoms with van der Waals surface area (Å²) >= 11 is 5.64. The lowest BCUT2D eigenvalue weighted by Gasteiger charge is -2.43. The number of hydrogen-bond donors (Lipinski definition) is 2. The fourth-order valence-corrected chi connectivity index (χ4v) is 4.31. The number of aromatic nitrogens is 4. The van der Waals surface area contributed by atoms with Crippen LogP contribution >= 0.6 is 11.6 Å². The van der Waals surface area contributed by atoms with E-state index in [1.807, 2.05) is 26.8 Å². The number of aliphatic hydroxyl groups excluding tert-OH is 2. The van der Waals surface area contributed by atoms with Gasteiger partial charge in [0.1, 0.15) is 35.8 Å². The lowest BCUT2D eigenvalue weighted by molar-refractivity contribution is -0.212. The van der Waals surface area contributed by atoms with Crippen molar-refractivity contribution in [2.45, 2.75) is 63.1 Å². The number of hydrogen-bond acceptors (Lipinski definition) is 8. The molecule has 3 aromatic rings. The van der Waals surface area contributed by atoms with Crippen molar-refractivity contribution in [1.82, 2.24) is 20.2 Å². The molecule has 0 saturated carbocycles. The van der Waals surface area contributed by atoms with Crippen LogP contribution in [-0.2, 0) is 21.3 Å². The minimum Gasteiger partial charge on any atom is -0.394 e. The highest BCUT2D eigenvalue weighted by molar-refractivity contribution is 6.30. The van der Waals surface area contributed by atoms with Crippen molar-refractivity contribution in [2.24, 2.45) is 0 Å². The molecule has 12 heteroatoms. The molecule has 1 fully saturated rings. The molecule has 35 heavy (non-hydrogen) atoms. The summed E-state index contributed by atoms with van der Waals surface area (Å²) in [7, 11) is 1.45. The standard InChI is InChI=1S/C23H27ClF2N4O5/c1-23(2,3)17-8-11(28-35-17)7-15-22(33-4)20(21(32)16(10-31)34-15)30-9-14(27-29-30)12-5-6-13(24)19(26)18(12)25/h5-6,8-9,15-16,20-22,31-32H,7,10H2,1-4H3/t15-,16-,20+,21+,22+/m1/s1. The number of halogens is 3. The first-order valence-electron chi connectivity index (χ1n) is 11.0. The van der Waals surface area contributed by atoms with Gasteiger partial charge < -0.3 is 24.2 Å². The molecule has 9 nitrogen and oxygen atoms in total. The maximum Gasteiger partial charge on any atom is 0.178 e. The van der Waals surface area contributed by atoms with E-state index in [0.717, 1.165) is 0 Å². The fourth-order valence-electron chi connectivity index (χ4n) is 4.17. The van der Waals surface area contributed by atoms with Crippen LogP contribution in [0.25, 0.3) is 11.3 Å². The van der Waals surface area contributed by atoms with Gasteiger partial charge in [-0.1, -0.05) is 42.7 Å². The van der Waals surface area contributed by atoms with Crippen LogP contribution in [-0.4, -0.2) is 68.5 Å². The van der Waals surface area contributed by atoms with Gasteiger partial charge >= 0.3 is 0 Å². The lowest BCUT2D eigenvalue weighted by atomic mass is 9.89. The van der Waals surface area contributed by atoms with Crippen LogP contribution in [0.5, 0.6) is 0 Å². The van der Waals surface area contributed by atoms with Crippen LogP contribution in [0.2, 0.25) is 5.02 Å². The second-order valence-electron chi connectivity index (χ2n) is 9.52. The van der Waals surface area contributed by atoms with Gasteiger partial charge in [0.2, 0.25) is 0 Å².